The van der Waals surface area contributed by atoms with Crippen molar-refractivity contribution in [2.45, 2.75) is 78.1 Å². The standard InChI is InChI=1S/C30H38N/c1-18(2)25-16-27(19(3)4)20(5)28(17-25)30-26-10-9-23(15-24(26)11-12-31(30)6)29-14-21-7-8-22(29)13-21/h9-12,15-19,21-22,29H,7-8,13-14H2,1-6H3/q+1/i11D,12D. The van der Waals surface area contributed by atoms with Crippen molar-refractivity contribution in [3.63, 3.8) is 0 Å². The summed E-state index contributed by atoms with van der Waals surface area (Å²) < 4.78 is 19.6. The molecule has 0 amide bonds. The van der Waals surface area contributed by atoms with Crippen molar-refractivity contribution in [2.24, 2.45) is 18.9 Å². The number of nitrogens with zero attached hydrogens (tertiary/aromatic N) is 1. The van der Waals surface area contributed by atoms with Gasteiger partial charge in [0.1, 0.15) is 8.42 Å². The summed E-state index contributed by atoms with van der Waals surface area (Å²) in [6.45, 7) is 11.3. The zero-order valence-corrected chi connectivity index (χ0v) is 20.0. The highest BCUT2D eigenvalue weighted by atomic mass is 14.9. The predicted octanol–water partition coefficient (Wildman–Crippen LogP) is 7.79. The van der Waals surface area contributed by atoms with Crippen molar-refractivity contribution in [1.29, 1.82) is 0 Å². The Morgan fingerprint density at radius 2 is 1.81 bits per heavy atom. The SMILES string of the molecule is [2H]c1c([2H])[n+](C)c(-c2cc(C(C)C)cc(C(C)C)c2C)c2ccc(C3CC4CCC3C4)cc12. The Kier molecular flexibility index (Phi) is 4.61. The van der Waals surface area contributed by atoms with Crippen molar-refractivity contribution in [1.82, 2.24) is 0 Å². The van der Waals surface area contributed by atoms with Crippen LogP contribution in [0, 0.1) is 18.8 Å². The molecule has 0 aliphatic heterocycles. The van der Waals surface area contributed by atoms with E-state index in [1.54, 1.807) is 0 Å². The number of fused-ring (bicyclic) bond motifs is 3. The third-order valence-electron chi connectivity index (χ3n) is 8.17. The Morgan fingerprint density at radius 1 is 1.00 bits per heavy atom. The van der Waals surface area contributed by atoms with Gasteiger partial charge in [-0.2, -0.15) is 0 Å². The molecule has 2 saturated carbocycles. The highest BCUT2D eigenvalue weighted by molar-refractivity contribution is 5.94. The predicted molar refractivity (Wildman–Crippen MR) is 132 cm³/mol. The van der Waals surface area contributed by atoms with Gasteiger partial charge in [0.2, 0.25) is 5.69 Å². The summed E-state index contributed by atoms with van der Waals surface area (Å²) in [6.07, 6.45) is 5.74. The molecule has 162 valence electrons. The molecule has 1 nitrogen and oxygen atoms in total. The van der Waals surface area contributed by atoms with Crippen molar-refractivity contribution in [2.75, 3.05) is 0 Å². The van der Waals surface area contributed by atoms with Gasteiger partial charge in [0.05, 0.1) is 12.3 Å². The second kappa shape index (κ2) is 7.76. The first kappa shape index (κ1) is 18.4. The fourth-order valence-electron chi connectivity index (χ4n) is 6.40. The maximum Gasteiger partial charge on any atom is 0.220 e. The smallest absolute Gasteiger partial charge is 0.200 e. The van der Waals surface area contributed by atoms with Crippen LogP contribution in [-0.2, 0) is 7.05 Å². The average Bonchev–Trinajstić information content (AvgIpc) is 3.42. The summed E-state index contributed by atoms with van der Waals surface area (Å²) in [4.78, 5) is 0. The minimum absolute atomic E-state index is 0.294. The van der Waals surface area contributed by atoms with E-state index >= 15 is 0 Å². The molecule has 1 aromatic heterocycles. The van der Waals surface area contributed by atoms with E-state index in [9.17, 15) is 0 Å². The van der Waals surface area contributed by atoms with Crippen LogP contribution in [0.3, 0.4) is 0 Å². The largest absolute Gasteiger partial charge is 0.220 e. The summed E-state index contributed by atoms with van der Waals surface area (Å²) in [5.41, 5.74) is 7.68. The molecule has 0 spiro atoms. The van der Waals surface area contributed by atoms with Gasteiger partial charge in [-0.1, -0.05) is 52.3 Å². The summed E-state index contributed by atoms with van der Waals surface area (Å²) >= 11 is 0. The Balaban J connectivity index is 1.76. The molecule has 2 bridgehead atoms. The Morgan fingerprint density at radius 3 is 2.45 bits per heavy atom. The van der Waals surface area contributed by atoms with Gasteiger partial charge in [0.15, 0.2) is 6.17 Å². The second-order valence-corrected chi connectivity index (χ2v) is 10.8. The second-order valence-electron chi connectivity index (χ2n) is 10.8. The minimum atomic E-state index is 0.294. The lowest BCUT2D eigenvalue weighted by Gasteiger charge is -2.22. The van der Waals surface area contributed by atoms with Crippen LogP contribution < -0.4 is 4.57 Å². The summed E-state index contributed by atoms with van der Waals surface area (Å²) in [7, 11) is 1.95. The topological polar surface area (TPSA) is 3.88 Å². The summed E-state index contributed by atoms with van der Waals surface area (Å²) in [5.74, 6) is 3.23. The van der Waals surface area contributed by atoms with Crippen molar-refractivity contribution >= 4 is 10.8 Å². The van der Waals surface area contributed by atoms with Gasteiger partial charge in [0.25, 0.3) is 0 Å². The first-order chi connectivity index (χ1) is 15.7. The maximum atomic E-state index is 8.83. The number of benzene rings is 2. The molecule has 1 heteroatoms. The molecule has 0 saturated heterocycles. The van der Waals surface area contributed by atoms with Gasteiger partial charge in [0, 0.05) is 6.04 Å². The molecular formula is C30H38N+. The quantitative estimate of drug-likeness (QED) is 0.384. The lowest BCUT2D eigenvalue weighted by molar-refractivity contribution is -0.659. The molecule has 5 rings (SSSR count). The molecule has 3 aromatic rings. The normalized spacial score (nSPS) is 23.8. The molecular weight excluding hydrogens is 374 g/mol. The van der Waals surface area contributed by atoms with Crippen molar-refractivity contribution in [3.05, 3.63) is 64.8 Å². The number of hydrogen-bond donors (Lipinski definition) is 0. The van der Waals surface area contributed by atoms with Gasteiger partial charge in [-0.05, 0) is 95.5 Å². The fraction of sp³-hybridized carbons (Fsp3) is 0.500. The Bertz CT molecular complexity index is 1240. The minimum Gasteiger partial charge on any atom is -0.200 e. The van der Waals surface area contributed by atoms with Crippen molar-refractivity contribution in [3.8, 4) is 11.3 Å². The average molecular weight is 415 g/mol. The maximum absolute atomic E-state index is 8.83. The van der Waals surface area contributed by atoms with E-state index in [4.69, 9.17) is 2.74 Å². The van der Waals surface area contributed by atoms with Gasteiger partial charge in [-0.3, -0.25) is 0 Å². The third-order valence-corrected chi connectivity index (χ3v) is 8.17. The highest BCUT2D eigenvalue weighted by Gasteiger charge is 2.40. The van der Waals surface area contributed by atoms with Crippen LogP contribution in [0.2, 0.25) is 0 Å². The lowest BCUT2D eigenvalue weighted by atomic mass is 9.82. The van der Waals surface area contributed by atoms with Crippen LogP contribution in [0.1, 0.15) is 96.1 Å². The van der Waals surface area contributed by atoms with E-state index in [2.05, 4.69) is 65.0 Å². The number of aromatic nitrogens is 1. The van der Waals surface area contributed by atoms with Crippen LogP contribution in [0.4, 0.5) is 0 Å². The lowest BCUT2D eigenvalue weighted by Crippen LogP contribution is -2.31. The fourth-order valence-corrected chi connectivity index (χ4v) is 6.40. The molecule has 0 radical (unpaired) electrons. The number of rotatable bonds is 4. The van der Waals surface area contributed by atoms with Gasteiger partial charge >= 0.3 is 0 Å². The molecule has 3 atom stereocenters. The van der Waals surface area contributed by atoms with E-state index in [-0.39, 0.29) is 0 Å². The Labute approximate surface area is 191 Å². The van der Waals surface area contributed by atoms with E-state index in [1.807, 2.05) is 11.6 Å². The molecule has 3 unspecified atom stereocenters. The van der Waals surface area contributed by atoms with Crippen LogP contribution >= 0.6 is 0 Å². The third kappa shape index (κ3) is 3.51. The summed E-state index contributed by atoms with van der Waals surface area (Å²) in [5, 5.41) is 2.04. The van der Waals surface area contributed by atoms with E-state index in [1.165, 1.54) is 53.5 Å². The van der Waals surface area contributed by atoms with Crippen LogP contribution in [0.15, 0.2) is 42.5 Å². The van der Waals surface area contributed by atoms with E-state index < -0.39 is 0 Å². The highest BCUT2D eigenvalue weighted by Crippen LogP contribution is 2.53. The van der Waals surface area contributed by atoms with Crippen LogP contribution in [0.5, 0.6) is 0 Å². The molecule has 2 fully saturated rings. The van der Waals surface area contributed by atoms with Gasteiger partial charge < -0.3 is 0 Å². The molecule has 2 aliphatic carbocycles. The molecule has 31 heavy (non-hydrogen) atoms. The first-order valence-corrected chi connectivity index (χ1v) is 12.2. The number of hydrogen-bond acceptors (Lipinski definition) is 0. The first-order valence-electron chi connectivity index (χ1n) is 13.2. The zero-order chi connectivity index (χ0) is 23.6. The van der Waals surface area contributed by atoms with Crippen LogP contribution in [0.25, 0.3) is 22.0 Å². The molecule has 2 aromatic carbocycles. The van der Waals surface area contributed by atoms with E-state index in [0.29, 0.717) is 30.0 Å². The van der Waals surface area contributed by atoms with Crippen molar-refractivity contribution < 1.29 is 7.31 Å². The van der Waals surface area contributed by atoms with Crippen LogP contribution in [-0.4, -0.2) is 0 Å². The molecule has 2 aliphatic rings. The monoisotopic (exact) mass is 414 g/mol. The van der Waals surface area contributed by atoms with Gasteiger partial charge in [-0.25, -0.2) is 4.57 Å². The van der Waals surface area contributed by atoms with Gasteiger partial charge in [-0.15, -0.1) is 0 Å². The zero-order valence-electron chi connectivity index (χ0n) is 22.0. The Hall–Kier alpha value is -2.15. The number of pyridine rings is 1. The van der Waals surface area contributed by atoms with E-state index in [0.717, 1.165) is 28.3 Å². The summed E-state index contributed by atoms with van der Waals surface area (Å²) in [6, 6.07) is 11.9. The molecule has 0 N–H and O–H groups in total. The molecule has 1 heterocycles.